The van der Waals surface area contributed by atoms with Crippen molar-refractivity contribution in [3.05, 3.63) is 35.4 Å². The van der Waals surface area contributed by atoms with Crippen molar-refractivity contribution in [2.45, 2.75) is 6.42 Å². The molecule has 0 unspecified atom stereocenters. The highest BCUT2D eigenvalue weighted by atomic mass is 35.5. The Morgan fingerprint density at radius 2 is 2.06 bits per heavy atom. The Morgan fingerprint density at radius 3 is 2.62 bits per heavy atom. The summed E-state index contributed by atoms with van der Waals surface area (Å²) in [6.45, 7) is 0.680. The Labute approximate surface area is 98.4 Å². The van der Waals surface area contributed by atoms with Crippen LogP contribution in [0, 0.1) is 11.6 Å². The summed E-state index contributed by atoms with van der Waals surface area (Å²) in [5, 5.41) is 2.50. The second-order valence-corrected chi connectivity index (χ2v) is 3.05. The molecule has 0 aliphatic rings. The zero-order chi connectivity index (χ0) is 11.3. The molecule has 0 radical (unpaired) electrons. The van der Waals surface area contributed by atoms with Crippen molar-refractivity contribution in [1.82, 2.24) is 5.32 Å². The van der Waals surface area contributed by atoms with E-state index in [2.05, 4.69) is 5.32 Å². The molecule has 0 spiro atoms. The minimum atomic E-state index is -0.710. The maximum absolute atomic E-state index is 13.1. The SMILES string of the molecule is Cl.NCCNC(=O)Cc1ccc(F)cc1F. The average Bonchev–Trinajstić information content (AvgIpc) is 2.19. The summed E-state index contributed by atoms with van der Waals surface area (Å²) in [7, 11) is 0. The van der Waals surface area contributed by atoms with Crippen LogP contribution in [0.2, 0.25) is 0 Å². The van der Waals surface area contributed by atoms with Gasteiger partial charge in [0, 0.05) is 19.2 Å². The van der Waals surface area contributed by atoms with Crippen molar-refractivity contribution in [2.75, 3.05) is 13.1 Å². The van der Waals surface area contributed by atoms with E-state index in [9.17, 15) is 13.6 Å². The standard InChI is InChI=1S/C10H12F2N2O.ClH/c11-8-2-1-7(9(12)6-8)5-10(15)14-4-3-13;/h1-2,6H,3-5,13H2,(H,14,15);1H. The molecular weight excluding hydrogens is 238 g/mol. The third kappa shape index (κ3) is 4.55. The van der Waals surface area contributed by atoms with E-state index >= 15 is 0 Å². The summed E-state index contributed by atoms with van der Waals surface area (Å²) >= 11 is 0. The summed E-state index contributed by atoms with van der Waals surface area (Å²) in [6, 6.07) is 3.13. The minimum absolute atomic E-state index is 0. The van der Waals surface area contributed by atoms with Gasteiger partial charge in [-0.05, 0) is 11.6 Å². The van der Waals surface area contributed by atoms with Crippen LogP contribution in [0.15, 0.2) is 18.2 Å². The molecule has 1 rings (SSSR count). The predicted molar refractivity (Wildman–Crippen MR) is 59.4 cm³/mol. The lowest BCUT2D eigenvalue weighted by Crippen LogP contribution is -2.30. The lowest BCUT2D eigenvalue weighted by atomic mass is 10.1. The van der Waals surface area contributed by atoms with Gasteiger partial charge in [-0.25, -0.2) is 8.78 Å². The number of carbonyl (C=O) groups excluding carboxylic acids is 1. The van der Waals surface area contributed by atoms with Gasteiger partial charge in [-0.15, -0.1) is 12.4 Å². The third-order valence-electron chi connectivity index (χ3n) is 1.83. The van der Waals surface area contributed by atoms with E-state index in [0.717, 1.165) is 12.1 Å². The van der Waals surface area contributed by atoms with Crippen molar-refractivity contribution in [1.29, 1.82) is 0 Å². The van der Waals surface area contributed by atoms with E-state index in [0.29, 0.717) is 13.1 Å². The smallest absolute Gasteiger partial charge is 0.224 e. The molecule has 16 heavy (non-hydrogen) atoms. The lowest BCUT2D eigenvalue weighted by Gasteiger charge is -2.04. The number of carbonyl (C=O) groups is 1. The second kappa shape index (κ2) is 7.14. The molecule has 0 bridgehead atoms. The first-order valence-electron chi connectivity index (χ1n) is 4.54. The zero-order valence-electron chi connectivity index (χ0n) is 8.50. The monoisotopic (exact) mass is 250 g/mol. The number of hydrogen-bond acceptors (Lipinski definition) is 2. The molecule has 0 atom stereocenters. The fourth-order valence-corrected chi connectivity index (χ4v) is 1.11. The van der Waals surface area contributed by atoms with Gasteiger partial charge in [-0.3, -0.25) is 4.79 Å². The lowest BCUT2D eigenvalue weighted by molar-refractivity contribution is -0.120. The Kier molecular flexibility index (Phi) is 6.60. The van der Waals surface area contributed by atoms with Crippen LogP contribution in [0.4, 0.5) is 8.78 Å². The summed E-state index contributed by atoms with van der Waals surface area (Å²) in [6.07, 6.45) is -0.105. The van der Waals surface area contributed by atoms with E-state index in [1.807, 2.05) is 0 Å². The fourth-order valence-electron chi connectivity index (χ4n) is 1.11. The van der Waals surface area contributed by atoms with Gasteiger partial charge in [0.25, 0.3) is 0 Å². The van der Waals surface area contributed by atoms with E-state index in [1.165, 1.54) is 6.07 Å². The zero-order valence-corrected chi connectivity index (χ0v) is 9.32. The molecule has 90 valence electrons. The molecule has 1 aromatic carbocycles. The Balaban J connectivity index is 0.00000225. The fraction of sp³-hybridized carbons (Fsp3) is 0.300. The molecule has 0 heterocycles. The largest absolute Gasteiger partial charge is 0.355 e. The number of nitrogens with one attached hydrogen (secondary N) is 1. The first-order chi connectivity index (χ1) is 7.13. The van der Waals surface area contributed by atoms with Crippen molar-refractivity contribution in [2.24, 2.45) is 5.73 Å². The van der Waals surface area contributed by atoms with Crippen LogP contribution < -0.4 is 11.1 Å². The molecule has 6 heteroatoms. The first kappa shape index (κ1) is 14.8. The average molecular weight is 251 g/mol. The first-order valence-corrected chi connectivity index (χ1v) is 4.54. The van der Waals surface area contributed by atoms with Gasteiger partial charge in [0.1, 0.15) is 11.6 Å². The van der Waals surface area contributed by atoms with Crippen LogP contribution in [-0.2, 0) is 11.2 Å². The number of benzene rings is 1. The van der Waals surface area contributed by atoms with Gasteiger partial charge in [0.05, 0.1) is 6.42 Å². The Bertz CT molecular complexity index is 361. The molecule has 3 N–H and O–H groups in total. The van der Waals surface area contributed by atoms with Gasteiger partial charge in [-0.2, -0.15) is 0 Å². The van der Waals surface area contributed by atoms with Gasteiger partial charge < -0.3 is 11.1 Å². The molecule has 0 saturated carbocycles. The van der Waals surface area contributed by atoms with Crippen molar-refractivity contribution in [3.63, 3.8) is 0 Å². The van der Waals surface area contributed by atoms with Gasteiger partial charge in [-0.1, -0.05) is 6.07 Å². The van der Waals surface area contributed by atoms with Gasteiger partial charge in [0.2, 0.25) is 5.91 Å². The highest BCUT2D eigenvalue weighted by molar-refractivity contribution is 5.85. The summed E-state index contributed by atoms with van der Waals surface area (Å²) < 4.78 is 25.6. The van der Waals surface area contributed by atoms with Crippen LogP contribution in [0.5, 0.6) is 0 Å². The van der Waals surface area contributed by atoms with Gasteiger partial charge >= 0.3 is 0 Å². The van der Waals surface area contributed by atoms with Crippen molar-refractivity contribution >= 4 is 18.3 Å². The molecule has 0 fully saturated rings. The Morgan fingerprint density at radius 1 is 1.38 bits per heavy atom. The van der Waals surface area contributed by atoms with Crippen molar-refractivity contribution < 1.29 is 13.6 Å². The Hall–Kier alpha value is -1.20. The van der Waals surface area contributed by atoms with Crippen molar-refractivity contribution in [3.8, 4) is 0 Å². The number of halogens is 3. The minimum Gasteiger partial charge on any atom is -0.355 e. The molecular formula is C10H13ClF2N2O. The maximum Gasteiger partial charge on any atom is 0.224 e. The molecule has 3 nitrogen and oxygen atoms in total. The molecule has 0 aliphatic heterocycles. The predicted octanol–water partition coefficient (Wildman–Crippen LogP) is 1.00. The summed E-state index contributed by atoms with van der Waals surface area (Å²) in [5.41, 5.74) is 5.35. The quantitative estimate of drug-likeness (QED) is 0.838. The van der Waals surface area contributed by atoms with E-state index < -0.39 is 11.6 Å². The van der Waals surface area contributed by atoms with Crippen LogP contribution in [0.1, 0.15) is 5.56 Å². The number of amides is 1. The molecule has 1 amide bonds. The number of hydrogen-bond donors (Lipinski definition) is 2. The molecule has 1 aromatic rings. The molecule has 0 saturated heterocycles. The highest BCUT2D eigenvalue weighted by Crippen LogP contribution is 2.09. The summed E-state index contributed by atoms with van der Waals surface area (Å²) in [5.74, 6) is -1.69. The van der Waals surface area contributed by atoms with Crippen LogP contribution in [-0.4, -0.2) is 19.0 Å². The van der Waals surface area contributed by atoms with E-state index in [1.54, 1.807) is 0 Å². The molecule has 0 aromatic heterocycles. The van der Waals surface area contributed by atoms with E-state index in [-0.39, 0.29) is 30.3 Å². The number of nitrogens with two attached hydrogens (primary N) is 1. The topological polar surface area (TPSA) is 55.1 Å². The van der Waals surface area contributed by atoms with E-state index in [4.69, 9.17) is 5.73 Å². The van der Waals surface area contributed by atoms with Gasteiger partial charge in [0.15, 0.2) is 0 Å². The van der Waals surface area contributed by atoms with Crippen LogP contribution >= 0.6 is 12.4 Å². The normalized spacial score (nSPS) is 9.44. The van der Waals surface area contributed by atoms with Crippen LogP contribution in [0.25, 0.3) is 0 Å². The third-order valence-corrected chi connectivity index (χ3v) is 1.83. The second-order valence-electron chi connectivity index (χ2n) is 3.05. The summed E-state index contributed by atoms with van der Waals surface area (Å²) in [4.78, 5) is 11.2. The number of rotatable bonds is 4. The highest BCUT2D eigenvalue weighted by Gasteiger charge is 2.08. The van der Waals surface area contributed by atoms with Crippen LogP contribution in [0.3, 0.4) is 0 Å². The molecule has 0 aliphatic carbocycles. The maximum atomic E-state index is 13.1.